The Morgan fingerprint density at radius 1 is 0.925 bits per heavy atom. The summed E-state index contributed by atoms with van der Waals surface area (Å²) in [6.45, 7) is -0.985. The highest BCUT2D eigenvalue weighted by molar-refractivity contribution is 5.92. The van der Waals surface area contributed by atoms with Gasteiger partial charge in [-0.15, -0.1) is 0 Å². The van der Waals surface area contributed by atoms with Crippen LogP contribution in [0.1, 0.15) is 22.3 Å². The number of nitrogens with one attached hydrogen (secondary N) is 1. The van der Waals surface area contributed by atoms with Crippen LogP contribution in [0.4, 0.5) is 50.9 Å². The zero-order chi connectivity index (χ0) is 30.1. The molecule has 1 N–H and O–H groups in total. The van der Waals surface area contributed by atoms with Gasteiger partial charge in [-0.05, 0) is 18.2 Å². The van der Waals surface area contributed by atoms with Crippen LogP contribution in [0.2, 0.25) is 0 Å². The van der Waals surface area contributed by atoms with Crippen LogP contribution < -0.4 is 5.32 Å². The van der Waals surface area contributed by atoms with Crippen LogP contribution in [0.3, 0.4) is 0 Å². The highest BCUT2D eigenvalue weighted by Gasteiger charge is 2.75. The smallest absolute Gasteiger partial charge is 0.431 e. The number of nitro benzene ring substituents is 1. The van der Waals surface area contributed by atoms with E-state index < -0.39 is 88.9 Å². The van der Waals surface area contributed by atoms with E-state index in [1.165, 1.54) is 0 Å². The molecular weight excluding hydrogens is 575 g/mol. The summed E-state index contributed by atoms with van der Waals surface area (Å²) in [5, 5.41) is 12.7. The number of anilines is 1. The molecule has 2 aromatic carbocycles. The number of benzene rings is 2. The van der Waals surface area contributed by atoms with Crippen molar-refractivity contribution < 1.29 is 68.2 Å². The fraction of sp³-hybridized carbons (Fsp3) is 0.364. The van der Waals surface area contributed by atoms with E-state index in [-0.39, 0.29) is 12.1 Å². The fourth-order valence-corrected chi connectivity index (χ4v) is 3.63. The molecule has 1 saturated heterocycles. The standard InChI is InChI=1S/C22H15F9N2O7/c23-20(24,25)18(38-8-9-39-18)11-16(34)32-14-6-4-13(5-7-14)19(21(26,27)28,22(29,30)31)40-17(35)12-2-1-3-15(10-12)33(36)37/h1-7,10H,8-9,11H2,(H,32,34). The molecule has 40 heavy (non-hydrogen) atoms. The number of ether oxygens (including phenoxy) is 3. The molecule has 1 heterocycles. The second-order valence-electron chi connectivity index (χ2n) is 8.12. The Morgan fingerprint density at radius 3 is 1.95 bits per heavy atom. The maximum atomic E-state index is 14.0. The summed E-state index contributed by atoms with van der Waals surface area (Å²) in [7, 11) is 0. The van der Waals surface area contributed by atoms with Crippen LogP contribution in [0.15, 0.2) is 48.5 Å². The summed E-state index contributed by atoms with van der Waals surface area (Å²) < 4.78 is 137. The Hall–Kier alpha value is -3.93. The van der Waals surface area contributed by atoms with Crippen molar-refractivity contribution in [3.05, 3.63) is 69.8 Å². The minimum atomic E-state index is -6.33. The summed E-state index contributed by atoms with van der Waals surface area (Å²) in [5.41, 5.74) is -9.31. The van der Waals surface area contributed by atoms with Crippen LogP contribution in [0.5, 0.6) is 0 Å². The van der Waals surface area contributed by atoms with Gasteiger partial charge in [-0.3, -0.25) is 14.9 Å². The molecule has 0 saturated carbocycles. The van der Waals surface area contributed by atoms with Crippen molar-refractivity contribution in [2.75, 3.05) is 18.5 Å². The zero-order valence-corrected chi connectivity index (χ0v) is 19.4. The monoisotopic (exact) mass is 590 g/mol. The predicted octanol–water partition coefficient (Wildman–Crippen LogP) is 5.41. The Morgan fingerprint density at radius 2 is 1.48 bits per heavy atom. The highest BCUT2D eigenvalue weighted by Crippen LogP contribution is 2.53. The Kier molecular flexibility index (Phi) is 8.09. The van der Waals surface area contributed by atoms with Crippen LogP contribution in [-0.2, 0) is 24.6 Å². The van der Waals surface area contributed by atoms with Gasteiger partial charge < -0.3 is 19.5 Å². The Bertz CT molecular complexity index is 1260. The van der Waals surface area contributed by atoms with Gasteiger partial charge in [0.15, 0.2) is 0 Å². The molecule has 2 aromatic rings. The minimum Gasteiger partial charge on any atom is -0.431 e. The largest absolute Gasteiger partial charge is 0.443 e. The molecule has 1 aliphatic heterocycles. The number of hydrogen-bond donors (Lipinski definition) is 1. The van der Waals surface area contributed by atoms with Crippen LogP contribution in [0, 0.1) is 10.1 Å². The van der Waals surface area contributed by atoms with Crippen molar-refractivity contribution in [2.45, 2.75) is 36.3 Å². The second kappa shape index (κ2) is 10.6. The van der Waals surface area contributed by atoms with Crippen LogP contribution >= 0.6 is 0 Å². The lowest BCUT2D eigenvalue weighted by atomic mass is 9.91. The van der Waals surface area contributed by atoms with Crippen LogP contribution in [0.25, 0.3) is 0 Å². The third-order valence-corrected chi connectivity index (χ3v) is 5.49. The summed E-state index contributed by atoms with van der Waals surface area (Å²) in [6, 6.07) is 4.11. The number of carbonyl (C=O) groups is 2. The first-order valence-corrected chi connectivity index (χ1v) is 10.7. The predicted molar refractivity (Wildman–Crippen MR) is 113 cm³/mol. The molecule has 9 nitrogen and oxygen atoms in total. The fourth-order valence-electron chi connectivity index (χ4n) is 3.63. The normalized spacial score (nSPS) is 15.9. The first kappa shape index (κ1) is 30.6. The van der Waals surface area contributed by atoms with Crippen molar-refractivity contribution in [3.8, 4) is 0 Å². The molecule has 1 aliphatic rings. The van der Waals surface area contributed by atoms with Crippen molar-refractivity contribution in [2.24, 2.45) is 0 Å². The molecule has 0 radical (unpaired) electrons. The second-order valence-corrected chi connectivity index (χ2v) is 8.12. The van der Waals surface area contributed by atoms with Gasteiger partial charge in [0, 0.05) is 23.4 Å². The summed E-state index contributed by atoms with van der Waals surface area (Å²) in [5.74, 6) is -6.90. The van der Waals surface area contributed by atoms with E-state index >= 15 is 0 Å². The summed E-state index contributed by atoms with van der Waals surface area (Å²) in [4.78, 5) is 34.3. The van der Waals surface area contributed by atoms with Gasteiger partial charge in [0.25, 0.3) is 11.5 Å². The van der Waals surface area contributed by atoms with E-state index in [9.17, 15) is 59.2 Å². The zero-order valence-electron chi connectivity index (χ0n) is 19.4. The van der Waals surface area contributed by atoms with Crippen molar-refractivity contribution in [1.82, 2.24) is 0 Å². The van der Waals surface area contributed by atoms with Gasteiger partial charge in [-0.2, -0.15) is 39.5 Å². The summed E-state index contributed by atoms with van der Waals surface area (Å²) >= 11 is 0. The molecular formula is C22H15F9N2O7. The number of amides is 1. The molecule has 218 valence electrons. The third kappa shape index (κ3) is 5.81. The molecule has 0 unspecified atom stereocenters. The Labute approximate surface area is 216 Å². The number of nitro groups is 1. The van der Waals surface area contributed by atoms with Gasteiger partial charge >= 0.3 is 30.1 Å². The van der Waals surface area contributed by atoms with Crippen LogP contribution in [-0.4, -0.2) is 54.3 Å². The van der Waals surface area contributed by atoms with Crippen molar-refractivity contribution >= 4 is 23.3 Å². The Balaban J connectivity index is 1.93. The molecule has 0 atom stereocenters. The first-order valence-electron chi connectivity index (χ1n) is 10.7. The van der Waals surface area contributed by atoms with E-state index in [4.69, 9.17) is 0 Å². The lowest BCUT2D eigenvalue weighted by molar-refractivity contribution is -0.384. The number of non-ortho nitro benzene ring substituents is 1. The molecule has 3 rings (SSSR count). The topological polar surface area (TPSA) is 117 Å². The van der Waals surface area contributed by atoms with Gasteiger partial charge in [0.1, 0.15) is 0 Å². The molecule has 0 aromatic heterocycles. The number of carbonyl (C=O) groups excluding carboxylic acids is 2. The van der Waals surface area contributed by atoms with E-state index in [0.29, 0.717) is 24.3 Å². The number of nitrogens with zero attached hydrogens (tertiary/aromatic N) is 1. The van der Waals surface area contributed by atoms with Gasteiger partial charge in [-0.25, -0.2) is 4.79 Å². The number of alkyl halides is 9. The maximum Gasteiger partial charge on any atom is 0.443 e. The number of halogens is 9. The molecule has 1 fully saturated rings. The molecule has 0 spiro atoms. The van der Waals surface area contributed by atoms with Crippen molar-refractivity contribution in [1.29, 1.82) is 0 Å². The molecule has 0 bridgehead atoms. The molecule has 0 aliphatic carbocycles. The van der Waals surface area contributed by atoms with E-state index in [1.807, 2.05) is 5.32 Å². The average Bonchev–Trinajstić information content (AvgIpc) is 3.31. The third-order valence-electron chi connectivity index (χ3n) is 5.49. The van der Waals surface area contributed by atoms with Crippen molar-refractivity contribution in [3.63, 3.8) is 0 Å². The number of esters is 1. The first-order chi connectivity index (χ1) is 18.3. The SMILES string of the molecule is O=C(CC1(C(F)(F)F)OCCO1)Nc1ccc(C(OC(=O)c2cccc([N+](=O)[O-])c2)(C(F)(F)F)C(F)(F)F)cc1. The quantitative estimate of drug-likeness (QED) is 0.199. The van der Waals surface area contributed by atoms with E-state index in [2.05, 4.69) is 14.2 Å². The number of hydrogen-bond acceptors (Lipinski definition) is 7. The average molecular weight is 590 g/mol. The van der Waals surface area contributed by atoms with Gasteiger partial charge in [0.05, 0.1) is 30.1 Å². The van der Waals surface area contributed by atoms with E-state index in [1.54, 1.807) is 0 Å². The minimum absolute atomic E-state index is 0.180. The molecule has 1 amide bonds. The maximum absolute atomic E-state index is 14.0. The highest BCUT2D eigenvalue weighted by atomic mass is 19.4. The van der Waals surface area contributed by atoms with E-state index in [0.717, 1.165) is 12.1 Å². The number of rotatable bonds is 7. The summed E-state index contributed by atoms with van der Waals surface area (Å²) in [6.07, 6.45) is -19.2. The van der Waals surface area contributed by atoms with Gasteiger partial charge in [0.2, 0.25) is 5.91 Å². The molecule has 18 heteroatoms. The lowest BCUT2D eigenvalue weighted by Crippen LogP contribution is -2.56. The lowest BCUT2D eigenvalue weighted by Gasteiger charge is -2.36. The van der Waals surface area contributed by atoms with Gasteiger partial charge in [-0.1, -0.05) is 18.2 Å².